The van der Waals surface area contributed by atoms with Crippen molar-refractivity contribution in [3.05, 3.63) is 72.1 Å². The van der Waals surface area contributed by atoms with E-state index in [1.807, 2.05) is 61.5 Å². The summed E-state index contributed by atoms with van der Waals surface area (Å²) in [6.45, 7) is 4.11. The number of aromatic nitrogens is 2. The van der Waals surface area contributed by atoms with E-state index in [1.54, 1.807) is 4.68 Å². The number of carbonyl (C=O) groups is 1. The van der Waals surface area contributed by atoms with Crippen molar-refractivity contribution in [3.8, 4) is 5.69 Å². The molecule has 0 saturated carbocycles. The molecule has 3 aromatic rings. The first-order valence-corrected chi connectivity index (χ1v) is 9.49. The molecule has 1 aromatic heterocycles. The molecule has 4 rings (SSSR count). The van der Waals surface area contributed by atoms with Crippen molar-refractivity contribution in [2.75, 3.05) is 23.3 Å². The van der Waals surface area contributed by atoms with Gasteiger partial charge in [-0.2, -0.15) is 5.10 Å². The third-order valence-corrected chi connectivity index (χ3v) is 4.95. The summed E-state index contributed by atoms with van der Waals surface area (Å²) in [6.07, 6.45) is 3.76. The Morgan fingerprint density at radius 1 is 0.926 bits per heavy atom. The zero-order valence-electron chi connectivity index (χ0n) is 15.6. The van der Waals surface area contributed by atoms with Gasteiger partial charge in [-0.25, -0.2) is 4.68 Å². The van der Waals surface area contributed by atoms with Crippen molar-refractivity contribution >= 4 is 17.3 Å². The summed E-state index contributed by atoms with van der Waals surface area (Å²) in [5, 5.41) is 7.47. The van der Waals surface area contributed by atoms with Crippen LogP contribution in [0, 0.1) is 6.92 Å². The van der Waals surface area contributed by atoms with Crippen LogP contribution in [0.25, 0.3) is 5.69 Å². The van der Waals surface area contributed by atoms with Crippen LogP contribution in [0.5, 0.6) is 0 Å². The highest BCUT2D eigenvalue weighted by molar-refractivity contribution is 6.03. The lowest BCUT2D eigenvalue weighted by atomic mass is 10.1. The van der Waals surface area contributed by atoms with Gasteiger partial charge in [-0.05, 0) is 62.6 Å². The van der Waals surface area contributed by atoms with Crippen LogP contribution in [0.15, 0.2) is 60.7 Å². The lowest BCUT2D eigenvalue weighted by molar-refractivity contribution is 0.102. The maximum absolute atomic E-state index is 12.7. The summed E-state index contributed by atoms with van der Waals surface area (Å²) in [5.74, 6) is -0.191. The van der Waals surface area contributed by atoms with E-state index in [0.717, 1.165) is 30.2 Å². The molecule has 0 atom stereocenters. The van der Waals surface area contributed by atoms with Gasteiger partial charge in [-0.3, -0.25) is 4.79 Å². The number of nitrogens with zero attached hydrogens (tertiary/aromatic N) is 3. The molecule has 1 aliphatic rings. The highest BCUT2D eigenvalue weighted by atomic mass is 16.1. The zero-order valence-corrected chi connectivity index (χ0v) is 15.6. The Hall–Kier alpha value is -3.08. The molecule has 1 saturated heterocycles. The smallest absolute Gasteiger partial charge is 0.276 e. The van der Waals surface area contributed by atoms with Gasteiger partial charge in [0.15, 0.2) is 5.69 Å². The van der Waals surface area contributed by atoms with E-state index < -0.39 is 0 Å². The monoisotopic (exact) mass is 360 g/mol. The SMILES string of the molecule is Cc1cc(C(=O)Nc2cccc(N3CCCCC3)c2)nn1-c1ccccc1. The minimum absolute atomic E-state index is 0.191. The number of nitrogens with one attached hydrogen (secondary N) is 1. The summed E-state index contributed by atoms with van der Waals surface area (Å²) >= 11 is 0. The van der Waals surface area contributed by atoms with Crippen LogP contribution in [0.1, 0.15) is 35.4 Å². The number of anilines is 2. The Balaban J connectivity index is 1.51. The lowest BCUT2D eigenvalue weighted by Crippen LogP contribution is -2.29. The normalized spacial score (nSPS) is 14.2. The number of hydrogen-bond acceptors (Lipinski definition) is 3. The molecule has 0 unspecified atom stereocenters. The number of aryl methyl sites for hydroxylation is 1. The number of benzene rings is 2. The van der Waals surface area contributed by atoms with E-state index >= 15 is 0 Å². The molecule has 0 bridgehead atoms. The first kappa shape index (κ1) is 17.3. The fourth-order valence-corrected chi connectivity index (χ4v) is 3.54. The van der Waals surface area contributed by atoms with Crippen LogP contribution >= 0.6 is 0 Å². The number of piperidine rings is 1. The Morgan fingerprint density at radius 2 is 1.67 bits per heavy atom. The van der Waals surface area contributed by atoms with Crippen LogP contribution in [0.2, 0.25) is 0 Å². The fourth-order valence-electron chi connectivity index (χ4n) is 3.54. The average Bonchev–Trinajstić information content (AvgIpc) is 3.11. The molecule has 0 spiro atoms. The predicted molar refractivity (Wildman–Crippen MR) is 109 cm³/mol. The molecule has 5 nitrogen and oxygen atoms in total. The minimum Gasteiger partial charge on any atom is -0.371 e. The second-order valence-corrected chi connectivity index (χ2v) is 6.97. The van der Waals surface area contributed by atoms with Crippen LogP contribution in [-0.4, -0.2) is 28.8 Å². The van der Waals surface area contributed by atoms with Gasteiger partial charge in [-0.15, -0.1) is 0 Å². The van der Waals surface area contributed by atoms with E-state index in [2.05, 4.69) is 21.4 Å². The number of amides is 1. The molecule has 5 heteroatoms. The third-order valence-electron chi connectivity index (χ3n) is 4.95. The Morgan fingerprint density at radius 3 is 2.44 bits per heavy atom. The quantitative estimate of drug-likeness (QED) is 0.749. The Bertz CT molecular complexity index is 926. The summed E-state index contributed by atoms with van der Waals surface area (Å²) in [7, 11) is 0. The number of rotatable bonds is 4. The van der Waals surface area contributed by atoms with E-state index in [0.29, 0.717) is 5.69 Å². The third kappa shape index (κ3) is 3.87. The van der Waals surface area contributed by atoms with Crippen LogP contribution in [0.4, 0.5) is 11.4 Å². The maximum atomic E-state index is 12.7. The van der Waals surface area contributed by atoms with E-state index in [-0.39, 0.29) is 5.91 Å². The highest BCUT2D eigenvalue weighted by Gasteiger charge is 2.15. The van der Waals surface area contributed by atoms with Crippen molar-refractivity contribution in [3.63, 3.8) is 0 Å². The first-order valence-electron chi connectivity index (χ1n) is 9.49. The molecular weight excluding hydrogens is 336 g/mol. The molecule has 1 amide bonds. The lowest BCUT2D eigenvalue weighted by Gasteiger charge is -2.29. The topological polar surface area (TPSA) is 50.2 Å². The van der Waals surface area contributed by atoms with Crippen molar-refractivity contribution in [1.29, 1.82) is 0 Å². The summed E-state index contributed by atoms with van der Waals surface area (Å²) in [4.78, 5) is 15.1. The van der Waals surface area contributed by atoms with E-state index in [9.17, 15) is 4.79 Å². The van der Waals surface area contributed by atoms with Crippen LogP contribution in [-0.2, 0) is 0 Å². The van der Waals surface area contributed by atoms with Crippen molar-refractivity contribution < 1.29 is 4.79 Å². The molecule has 138 valence electrons. The van der Waals surface area contributed by atoms with E-state index in [1.165, 1.54) is 24.9 Å². The highest BCUT2D eigenvalue weighted by Crippen LogP contribution is 2.23. The summed E-state index contributed by atoms with van der Waals surface area (Å²) in [6, 6.07) is 19.7. The molecule has 0 aliphatic carbocycles. The van der Waals surface area contributed by atoms with E-state index in [4.69, 9.17) is 0 Å². The molecule has 2 heterocycles. The largest absolute Gasteiger partial charge is 0.371 e. The molecule has 1 fully saturated rings. The van der Waals surface area contributed by atoms with Crippen molar-refractivity contribution in [2.45, 2.75) is 26.2 Å². The number of hydrogen-bond donors (Lipinski definition) is 1. The van der Waals surface area contributed by atoms with Gasteiger partial charge in [0.1, 0.15) is 0 Å². The summed E-state index contributed by atoms with van der Waals surface area (Å²) in [5.41, 5.74) is 4.25. The van der Waals surface area contributed by atoms with Gasteiger partial charge in [0.25, 0.3) is 5.91 Å². The zero-order chi connectivity index (χ0) is 18.6. The standard InChI is InChI=1S/C22H24N4O/c1-17-15-21(24-26(17)19-10-4-2-5-11-19)22(27)23-18-9-8-12-20(16-18)25-13-6-3-7-14-25/h2,4-5,8-12,15-16H,3,6-7,13-14H2,1H3,(H,23,27). The number of para-hydroxylation sites is 1. The number of carbonyl (C=O) groups excluding carboxylic acids is 1. The van der Waals surface area contributed by atoms with Gasteiger partial charge >= 0.3 is 0 Å². The molecular formula is C22H24N4O. The summed E-state index contributed by atoms with van der Waals surface area (Å²) < 4.78 is 1.79. The van der Waals surface area contributed by atoms with Gasteiger partial charge in [0.2, 0.25) is 0 Å². The second kappa shape index (κ2) is 7.66. The van der Waals surface area contributed by atoms with Crippen molar-refractivity contribution in [1.82, 2.24) is 9.78 Å². The predicted octanol–water partition coefficient (Wildman–Crippen LogP) is 4.42. The van der Waals surface area contributed by atoms with Crippen molar-refractivity contribution in [2.24, 2.45) is 0 Å². The Labute approximate surface area is 159 Å². The van der Waals surface area contributed by atoms with Gasteiger partial charge in [0, 0.05) is 30.2 Å². The first-order chi connectivity index (χ1) is 13.2. The van der Waals surface area contributed by atoms with Crippen LogP contribution in [0.3, 0.4) is 0 Å². The molecule has 0 radical (unpaired) electrons. The molecule has 1 aliphatic heterocycles. The molecule has 2 aromatic carbocycles. The molecule has 1 N–H and O–H groups in total. The fraction of sp³-hybridized carbons (Fsp3) is 0.273. The maximum Gasteiger partial charge on any atom is 0.276 e. The second-order valence-electron chi connectivity index (χ2n) is 6.97. The van der Waals surface area contributed by atoms with Gasteiger partial charge in [-0.1, -0.05) is 24.3 Å². The van der Waals surface area contributed by atoms with Crippen LogP contribution < -0.4 is 10.2 Å². The van der Waals surface area contributed by atoms with Gasteiger partial charge < -0.3 is 10.2 Å². The van der Waals surface area contributed by atoms with Gasteiger partial charge in [0.05, 0.1) is 5.69 Å². The average molecular weight is 360 g/mol. The minimum atomic E-state index is -0.191. The Kier molecular flexibility index (Phi) is 4.92. The molecule has 27 heavy (non-hydrogen) atoms.